The number of fused-ring (bicyclic) bond motifs is 1. The summed E-state index contributed by atoms with van der Waals surface area (Å²) in [5, 5.41) is 0. The molecule has 2 heterocycles. The van der Waals surface area contributed by atoms with Crippen LogP contribution in [-0.2, 0) is 13.5 Å². The molecule has 0 atom stereocenters. The zero-order valence-electron chi connectivity index (χ0n) is 14.5. The number of halogens is 4. The highest BCUT2D eigenvalue weighted by molar-refractivity contribution is 5.70. The van der Waals surface area contributed by atoms with Crippen LogP contribution in [0.1, 0.15) is 11.4 Å². The molecule has 0 saturated heterocycles. The van der Waals surface area contributed by atoms with Crippen molar-refractivity contribution in [3.63, 3.8) is 0 Å². The van der Waals surface area contributed by atoms with Crippen molar-refractivity contribution < 1.29 is 17.6 Å². The summed E-state index contributed by atoms with van der Waals surface area (Å²) in [6.45, 7) is 0. The SMILES string of the molecule is Cn1cnc2c(=O)n(-c3ccc(F)c(F)c3)c(Cc3cccc(F)c3F)nc21. The second-order valence-corrected chi connectivity index (χ2v) is 6.18. The van der Waals surface area contributed by atoms with Gasteiger partial charge < -0.3 is 4.57 Å². The van der Waals surface area contributed by atoms with Crippen molar-refractivity contribution in [3.05, 3.63) is 87.7 Å². The number of rotatable bonds is 3. The third kappa shape index (κ3) is 2.84. The molecule has 4 rings (SSSR count). The highest BCUT2D eigenvalue weighted by Crippen LogP contribution is 2.19. The van der Waals surface area contributed by atoms with E-state index < -0.39 is 28.8 Å². The van der Waals surface area contributed by atoms with E-state index in [-0.39, 0.29) is 34.7 Å². The summed E-state index contributed by atoms with van der Waals surface area (Å²) < 4.78 is 57.3. The first-order valence-corrected chi connectivity index (χ1v) is 8.18. The number of aryl methyl sites for hydroxylation is 1. The van der Waals surface area contributed by atoms with Gasteiger partial charge in [0.2, 0.25) is 0 Å². The van der Waals surface area contributed by atoms with E-state index in [4.69, 9.17) is 0 Å². The number of imidazole rings is 1. The Hall–Kier alpha value is -3.49. The van der Waals surface area contributed by atoms with Crippen LogP contribution in [-0.4, -0.2) is 19.1 Å². The standard InChI is InChI=1S/C19H12F4N4O/c1-26-9-24-17-18(26)25-15(7-10-3-2-4-13(21)16(10)23)27(19(17)28)11-5-6-12(20)14(22)8-11/h2-6,8-9H,7H2,1H3. The molecule has 5 nitrogen and oxygen atoms in total. The number of benzene rings is 2. The second-order valence-electron chi connectivity index (χ2n) is 6.18. The average Bonchev–Trinajstić information content (AvgIpc) is 3.03. The number of hydrogen-bond acceptors (Lipinski definition) is 3. The summed E-state index contributed by atoms with van der Waals surface area (Å²) in [7, 11) is 1.62. The van der Waals surface area contributed by atoms with Gasteiger partial charge in [-0.2, -0.15) is 0 Å². The fraction of sp³-hybridized carbons (Fsp3) is 0.105. The Bertz CT molecular complexity index is 1280. The first kappa shape index (κ1) is 17.9. The maximum Gasteiger partial charge on any atom is 0.286 e. The molecule has 0 fully saturated rings. The molecule has 0 saturated carbocycles. The van der Waals surface area contributed by atoms with Crippen molar-refractivity contribution in [1.29, 1.82) is 0 Å². The minimum atomic E-state index is -1.16. The Morgan fingerprint density at radius 2 is 1.79 bits per heavy atom. The quantitative estimate of drug-likeness (QED) is 0.506. The van der Waals surface area contributed by atoms with E-state index in [0.29, 0.717) is 0 Å². The van der Waals surface area contributed by atoms with Crippen molar-refractivity contribution in [1.82, 2.24) is 19.1 Å². The van der Waals surface area contributed by atoms with Gasteiger partial charge in [0.1, 0.15) is 5.82 Å². The maximum atomic E-state index is 14.2. The molecule has 0 aliphatic heterocycles. The Morgan fingerprint density at radius 3 is 2.54 bits per heavy atom. The summed E-state index contributed by atoms with van der Waals surface area (Å²) in [6.07, 6.45) is 1.13. The van der Waals surface area contributed by atoms with E-state index in [1.807, 2.05) is 0 Å². The van der Waals surface area contributed by atoms with Gasteiger partial charge in [0.25, 0.3) is 5.56 Å². The van der Waals surface area contributed by atoms with Crippen molar-refractivity contribution in [2.24, 2.45) is 7.05 Å². The highest BCUT2D eigenvalue weighted by Gasteiger charge is 2.19. The smallest absolute Gasteiger partial charge is 0.286 e. The molecule has 0 aliphatic carbocycles. The normalized spacial score (nSPS) is 11.3. The predicted octanol–water partition coefficient (Wildman–Crippen LogP) is 3.27. The molecular formula is C19H12F4N4O. The molecule has 0 spiro atoms. The van der Waals surface area contributed by atoms with Crippen molar-refractivity contribution in [3.8, 4) is 5.69 Å². The number of hydrogen-bond donors (Lipinski definition) is 0. The Labute approximate surface area is 155 Å². The lowest BCUT2D eigenvalue weighted by atomic mass is 10.1. The van der Waals surface area contributed by atoms with Crippen LogP contribution in [0.5, 0.6) is 0 Å². The number of aromatic nitrogens is 4. The fourth-order valence-corrected chi connectivity index (χ4v) is 2.97. The van der Waals surface area contributed by atoms with Crippen molar-refractivity contribution in [2.45, 2.75) is 6.42 Å². The number of nitrogens with zero attached hydrogens (tertiary/aromatic N) is 4. The molecular weight excluding hydrogens is 376 g/mol. The third-order valence-corrected chi connectivity index (χ3v) is 4.35. The van der Waals surface area contributed by atoms with Crippen molar-refractivity contribution in [2.75, 3.05) is 0 Å². The molecule has 2 aromatic carbocycles. The summed E-state index contributed by atoms with van der Waals surface area (Å²) in [5.41, 5.74) is -0.435. The highest BCUT2D eigenvalue weighted by atomic mass is 19.2. The summed E-state index contributed by atoms with van der Waals surface area (Å²) >= 11 is 0. The largest absolute Gasteiger partial charge is 0.318 e. The minimum absolute atomic E-state index is 0.00392. The van der Waals surface area contributed by atoms with Gasteiger partial charge >= 0.3 is 0 Å². The van der Waals surface area contributed by atoms with Crippen LogP contribution in [0.25, 0.3) is 16.9 Å². The molecule has 0 aliphatic rings. The summed E-state index contributed by atoms with van der Waals surface area (Å²) in [6, 6.07) is 6.55. The molecule has 0 radical (unpaired) electrons. The lowest BCUT2D eigenvalue weighted by Gasteiger charge is -2.13. The van der Waals surface area contributed by atoms with E-state index >= 15 is 0 Å². The first-order valence-electron chi connectivity index (χ1n) is 8.18. The van der Waals surface area contributed by atoms with Gasteiger partial charge in [-0.25, -0.2) is 27.5 Å². The van der Waals surface area contributed by atoms with Crippen LogP contribution in [0.15, 0.2) is 47.5 Å². The zero-order chi connectivity index (χ0) is 20.0. The van der Waals surface area contributed by atoms with Crippen LogP contribution in [0.4, 0.5) is 17.6 Å². The summed E-state index contributed by atoms with van der Waals surface area (Å²) in [5.74, 6) is -4.33. The second kappa shape index (κ2) is 6.59. The molecule has 4 aromatic rings. The topological polar surface area (TPSA) is 52.7 Å². The van der Waals surface area contributed by atoms with Crippen LogP contribution in [0.3, 0.4) is 0 Å². The molecule has 0 unspecified atom stereocenters. The molecule has 2 aromatic heterocycles. The molecule has 0 amide bonds. The first-order chi connectivity index (χ1) is 13.4. The van der Waals surface area contributed by atoms with Gasteiger partial charge in [0.05, 0.1) is 12.0 Å². The molecule has 28 heavy (non-hydrogen) atoms. The van der Waals surface area contributed by atoms with E-state index in [2.05, 4.69) is 9.97 Å². The van der Waals surface area contributed by atoms with Crippen molar-refractivity contribution >= 4 is 11.2 Å². The molecule has 9 heteroatoms. The van der Waals surface area contributed by atoms with Crippen LogP contribution >= 0.6 is 0 Å². The van der Waals surface area contributed by atoms with Gasteiger partial charge in [-0.05, 0) is 23.8 Å². The van der Waals surface area contributed by atoms with E-state index in [9.17, 15) is 22.4 Å². The van der Waals surface area contributed by atoms with E-state index in [0.717, 1.165) is 22.8 Å². The van der Waals surface area contributed by atoms with Gasteiger partial charge in [0, 0.05) is 19.5 Å². The van der Waals surface area contributed by atoms with E-state index in [1.54, 1.807) is 7.05 Å². The maximum absolute atomic E-state index is 14.2. The fourth-order valence-electron chi connectivity index (χ4n) is 2.97. The van der Waals surface area contributed by atoms with Crippen LogP contribution in [0.2, 0.25) is 0 Å². The third-order valence-electron chi connectivity index (χ3n) is 4.35. The lowest BCUT2D eigenvalue weighted by molar-refractivity contribution is 0.499. The molecule has 0 bridgehead atoms. The zero-order valence-corrected chi connectivity index (χ0v) is 14.5. The predicted molar refractivity (Wildman–Crippen MR) is 93.2 cm³/mol. The molecule has 142 valence electrons. The minimum Gasteiger partial charge on any atom is -0.318 e. The Kier molecular flexibility index (Phi) is 4.21. The van der Waals surface area contributed by atoms with E-state index in [1.165, 1.54) is 29.1 Å². The van der Waals surface area contributed by atoms with Gasteiger partial charge in [-0.3, -0.25) is 9.36 Å². The van der Waals surface area contributed by atoms with Crippen LogP contribution < -0.4 is 5.56 Å². The monoisotopic (exact) mass is 388 g/mol. The van der Waals surface area contributed by atoms with Gasteiger partial charge in [-0.15, -0.1) is 0 Å². The Balaban J connectivity index is 2.00. The summed E-state index contributed by atoms with van der Waals surface area (Å²) in [4.78, 5) is 21.3. The van der Waals surface area contributed by atoms with Gasteiger partial charge in [-0.1, -0.05) is 12.1 Å². The lowest BCUT2D eigenvalue weighted by Crippen LogP contribution is -2.25. The molecule has 0 N–H and O–H groups in total. The average molecular weight is 388 g/mol. The van der Waals surface area contributed by atoms with Gasteiger partial charge in [0.15, 0.2) is 34.4 Å². The Morgan fingerprint density at radius 1 is 1.00 bits per heavy atom. The van der Waals surface area contributed by atoms with Crippen LogP contribution in [0, 0.1) is 23.3 Å².